The molecule has 2 fully saturated rings. The number of likely N-dealkylation sites (N-methyl/N-ethyl adjacent to an activating group) is 1. The Morgan fingerprint density at radius 3 is 2.39 bits per heavy atom. The number of anilines is 1. The number of carbonyl (C=O) groups excluding carboxylic acids is 5. The molecule has 1 heterocycles. The molecule has 5 atom stereocenters. The van der Waals surface area contributed by atoms with Crippen molar-refractivity contribution in [3.8, 4) is 0 Å². The predicted molar refractivity (Wildman–Crippen MR) is 183 cm³/mol. The minimum atomic E-state index is -1.08. The Bertz CT molecular complexity index is 1240. The number of rotatable bonds is 12. The monoisotopic (exact) mass is 664 g/mol. The van der Waals surface area contributed by atoms with Crippen LogP contribution in [0.2, 0.25) is 0 Å². The van der Waals surface area contributed by atoms with Gasteiger partial charge >= 0.3 is 0 Å². The second-order valence-electron chi connectivity index (χ2n) is 10.9. The maximum absolute atomic E-state index is 12.4. The van der Waals surface area contributed by atoms with Crippen molar-refractivity contribution in [2.24, 2.45) is 35.1 Å². The van der Waals surface area contributed by atoms with E-state index in [1.165, 1.54) is 43.7 Å². The zero-order chi connectivity index (χ0) is 35.4. The molecule has 3 rings (SSSR count). The average Bonchev–Trinajstić information content (AvgIpc) is 3.04. The number of ketones is 1. The Morgan fingerprint density at radius 1 is 1.20 bits per heavy atom. The molecule has 5 unspecified atom stereocenters. The van der Waals surface area contributed by atoms with Crippen molar-refractivity contribution >= 4 is 48.1 Å². The van der Waals surface area contributed by atoms with Crippen molar-refractivity contribution < 1.29 is 24.0 Å². The van der Waals surface area contributed by atoms with Crippen LogP contribution in [0.3, 0.4) is 0 Å². The second-order valence-corrected chi connectivity index (χ2v) is 10.9. The number of hydrogen-bond donors (Lipinski definition) is 7. The Balaban J connectivity index is 0.000000810. The number of aldehydes is 1. The summed E-state index contributed by atoms with van der Waals surface area (Å²) in [5.74, 6) is 4.72. The average molecular weight is 665 g/mol. The molecular weight excluding hydrogens is 612 g/mol. The van der Waals surface area contributed by atoms with Gasteiger partial charge in [-0.05, 0) is 61.8 Å². The lowest BCUT2D eigenvalue weighted by atomic mass is 9.65. The molecule has 46 heavy (non-hydrogen) atoms. The summed E-state index contributed by atoms with van der Waals surface area (Å²) in [6.07, 6.45) is 10.8. The van der Waals surface area contributed by atoms with Crippen LogP contribution in [0.5, 0.6) is 0 Å². The first kappa shape index (κ1) is 41.9. The number of primary amides is 1. The van der Waals surface area contributed by atoms with Crippen LogP contribution in [0, 0.1) is 17.8 Å². The van der Waals surface area contributed by atoms with Gasteiger partial charge in [-0.2, -0.15) is 12.6 Å². The molecule has 14 nitrogen and oxygen atoms in total. The molecule has 2 aliphatic rings. The summed E-state index contributed by atoms with van der Waals surface area (Å²) in [7, 11) is 3.11. The van der Waals surface area contributed by atoms with E-state index in [-0.39, 0.29) is 42.6 Å². The summed E-state index contributed by atoms with van der Waals surface area (Å²) < 4.78 is 1.47. The number of thiol groups is 1. The molecule has 3 amide bonds. The van der Waals surface area contributed by atoms with Crippen LogP contribution < -0.4 is 38.8 Å². The minimum absolute atomic E-state index is 0.0385. The number of hydrogen-bond acceptors (Lipinski definition) is 11. The molecule has 0 saturated heterocycles. The molecule has 9 N–H and O–H groups in total. The van der Waals surface area contributed by atoms with Gasteiger partial charge in [0.1, 0.15) is 24.2 Å². The number of nitrogens with two attached hydrogens (primary N) is 3. The van der Waals surface area contributed by atoms with Gasteiger partial charge in [0, 0.05) is 39.0 Å². The van der Waals surface area contributed by atoms with E-state index in [9.17, 15) is 28.8 Å². The normalized spacial score (nSPS) is 20.3. The van der Waals surface area contributed by atoms with Crippen molar-refractivity contribution in [2.45, 2.75) is 70.5 Å². The zero-order valence-corrected chi connectivity index (χ0v) is 28.3. The maximum atomic E-state index is 12.4. The van der Waals surface area contributed by atoms with Gasteiger partial charge in [-0.25, -0.2) is 5.84 Å². The summed E-state index contributed by atoms with van der Waals surface area (Å²) in [6.45, 7) is 8.34. The van der Waals surface area contributed by atoms with Gasteiger partial charge in [-0.15, -0.1) is 13.2 Å². The fourth-order valence-corrected chi connectivity index (χ4v) is 5.69. The Morgan fingerprint density at radius 2 is 1.85 bits per heavy atom. The van der Waals surface area contributed by atoms with E-state index in [0.717, 1.165) is 17.1 Å². The number of nitrogens with one attached hydrogen (secondary N) is 3. The van der Waals surface area contributed by atoms with Crippen molar-refractivity contribution in [2.75, 3.05) is 25.7 Å². The topological polar surface area (TPSA) is 225 Å². The fourth-order valence-electron chi connectivity index (χ4n) is 5.69. The van der Waals surface area contributed by atoms with Crippen LogP contribution >= 0.6 is 12.6 Å². The van der Waals surface area contributed by atoms with Crippen molar-refractivity contribution in [1.29, 1.82) is 0 Å². The van der Waals surface area contributed by atoms with E-state index in [1.54, 1.807) is 31.6 Å². The smallest absolute Gasteiger partial charge is 0.284 e. The van der Waals surface area contributed by atoms with Gasteiger partial charge in [0.15, 0.2) is 0 Å². The number of aromatic nitrogens is 1. The third-order valence-corrected chi connectivity index (χ3v) is 7.79. The van der Waals surface area contributed by atoms with Gasteiger partial charge in [-0.1, -0.05) is 19.8 Å². The first-order valence-corrected chi connectivity index (χ1v) is 15.9. The highest BCUT2D eigenvalue weighted by atomic mass is 32.1. The van der Waals surface area contributed by atoms with Gasteiger partial charge in [-0.3, -0.25) is 24.0 Å². The van der Waals surface area contributed by atoms with Crippen molar-refractivity contribution in [3.05, 3.63) is 53.7 Å². The van der Waals surface area contributed by atoms with E-state index in [0.29, 0.717) is 23.8 Å². The summed E-state index contributed by atoms with van der Waals surface area (Å²) >= 11 is 3.53. The fraction of sp³-hybridized carbons (Fsp3) is 0.548. The molecule has 0 spiro atoms. The number of fused-ring (bicyclic) bond motifs is 2. The Labute approximate surface area is 276 Å². The molecule has 2 bridgehead atoms. The van der Waals surface area contributed by atoms with Crippen LogP contribution in [0.15, 0.2) is 48.2 Å². The highest BCUT2D eigenvalue weighted by Crippen LogP contribution is 2.42. The third kappa shape index (κ3) is 13.5. The number of Topliss-reactive ketones (excluding diaryl/α,β-unsaturated/α-hetero) is 1. The second kappa shape index (κ2) is 22.4. The lowest BCUT2D eigenvalue weighted by Gasteiger charge is -2.44. The Hall–Kier alpha value is -4.11. The first-order valence-electron chi connectivity index (χ1n) is 15.0. The number of nitrogens with zero attached hydrogens (tertiary/aromatic N) is 2. The van der Waals surface area contributed by atoms with E-state index < -0.39 is 23.6 Å². The summed E-state index contributed by atoms with van der Waals surface area (Å²) in [4.78, 5) is 68.5. The largest absolute Gasteiger partial charge is 0.403 e. The van der Waals surface area contributed by atoms with Crippen LogP contribution in [0.1, 0.15) is 51.9 Å². The maximum Gasteiger partial charge on any atom is 0.284 e. The van der Waals surface area contributed by atoms with Gasteiger partial charge in [0.2, 0.25) is 11.7 Å². The van der Waals surface area contributed by atoms with Crippen molar-refractivity contribution in [1.82, 2.24) is 20.2 Å². The molecule has 258 valence electrons. The third-order valence-electron chi connectivity index (χ3n) is 7.79. The van der Waals surface area contributed by atoms with E-state index in [4.69, 9.17) is 17.3 Å². The molecule has 1 aromatic rings. The van der Waals surface area contributed by atoms with Crippen LogP contribution in [0.25, 0.3) is 0 Å². The highest BCUT2D eigenvalue weighted by molar-refractivity contribution is 7.79. The van der Waals surface area contributed by atoms with Gasteiger partial charge in [0.25, 0.3) is 17.4 Å². The van der Waals surface area contributed by atoms with Crippen LogP contribution in [-0.2, 0) is 30.5 Å². The number of amides is 3. The zero-order valence-electron chi connectivity index (χ0n) is 27.4. The van der Waals surface area contributed by atoms with E-state index >= 15 is 0 Å². The minimum Gasteiger partial charge on any atom is -0.403 e. The molecular formula is C31H52N8O6S. The molecule has 15 heteroatoms. The van der Waals surface area contributed by atoms with Crippen LogP contribution in [0.4, 0.5) is 5.69 Å². The van der Waals surface area contributed by atoms with E-state index in [1.807, 2.05) is 0 Å². The summed E-state index contributed by atoms with van der Waals surface area (Å²) in [6, 6.07) is 2.84. The molecule has 0 aromatic carbocycles. The molecule has 1 aromatic heterocycles. The van der Waals surface area contributed by atoms with Crippen molar-refractivity contribution in [3.63, 3.8) is 0 Å². The number of hydrazine groups is 1. The Kier molecular flexibility index (Phi) is 20.4. The van der Waals surface area contributed by atoms with E-state index in [2.05, 4.69) is 48.7 Å². The first-order chi connectivity index (χ1) is 21.9. The van der Waals surface area contributed by atoms with Gasteiger partial charge in [0.05, 0.1) is 6.04 Å². The van der Waals surface area contributed by atoms with Crippen LogP contribution in [-0.4, -0.2) is 71.8 Å². The van der Waals surface area contributed by atoms with Gasteiger partial charge < -0.3 is 41.8 Å². The highest BCUT2D eigenvalue weighted by Gasteiger charge is 2.38. The lowest BCUT2D eigenvalue weighted by Crippen LogP contribution is -2.50. The standard InChI is InChI=1S/C18H27N3O2.C10H17N5O4.C2H4.CH4S/c1-12-9-13-5-3-6-14(10-13)17(12)20-16(22)11-21-8-4-7-15(19-2)18(21)23;1-15(13)7(4-11)10(19)14-6(5-16)2-3-8(17)9(12)18;2*1-2/h4,7-8,12-14,17,19H,3,5-6,9-11H2,1-2H3,(H,20,22);4-6H,2-3,11,13H2,1H3,(H2,12,18)(H,14,19);1-2H2;2H,1H3/b;7-4-;;. The summed E-state index contributed by atoms with van der Waals surface area (Å²) in [5, 5.41) is 9.37. The molecule has 2 aliphatic carbocycles. The quantitative estimate of drug-likeness (QED) is 0.0315. The molecule has 2 saturated carbocycles. The number of pyridine rings is 1. The molecule has 0 radical (unpaired) electrons. The summed E-state index contributed by atoms with van der Waals surface area (Å²) in [5.41, 5.74) is 10.3. The SMILES string of the molecule is C=C.CN(N)/C(=C\N)C(=O)NC(C=O)CCC(=O)C(N)=O.CNc1cccn(CC(=O)NC2C(C)CC3CCCC2C3)c1=O.CS. The lowest BCUT2D eigenvalue weighted by molar-refractivity contribution is -0.136. The number of carbonyl (C=O) groups is 5. The predicted octanol–water partition coefficient (Wildman–Crippen LogP) is 0.680. The molecule has 0 aliphatic heterocycles.